The molecule has 0 amide bonds. The molecule has 0 bridgehead atoms. The fourth-order valence-corrected chi connectivity index (χ4v) is 1.72. The van der Waals surface area contributed by atoms with Crippen LogP contribution in [0.3, 0.4) is 0 Å². The van der Waals surface area contributed by atoms with E-state index in [1.54, 1.807) is 0 Å². The highest BCUT2D eigenvalue weighted by Gasteiger charge is 2.13. The topological polar surface area (TPSA) is 23.5 Å². The van der Waals surface area contributed by atoms with Crippen molar-refractivity contribution in [1.82, 2.24) is 4.90 Å². The first-order chi connectivity index (χ1) is 7.54. The molecule has 0 saturated heterocycles. The van der Waals surface area contributed by atoms with Crippen molar-refractivity contribution in [2.75, 3.05) is 13.6 Å². The van der Waals surface area contributed by atoms with Crippen LogP contribution in [0.15, 0.2) is 24.3 Å². The predicted molar refractivity (Wildman–Crippen MR) is 68.5 cm³/mol. The average molecular weight is 221 g/mol. The maximum Gasteiger partial charge on any atom is 0.0664 e. The molecule has 0 aliphatic rings. The molecule has 0 aliphatic heterocycles. The Morgan fingerprint density at radius 3 is 2.31 bits per heavy atom. The van der Waals surface area contributed by atoms with Gasteiger partial charge in [-0.2, -0.15) is 0 Å². The summed E-state index contributed by atoms with van der Waals surface area (Å²) in [6, 6.07) is 8.94. The van der Waals surface area contributed by atoms with Crippen molar-refractivity contribution in [1.29, 1.82) is 0 Å². The zero-order valence-corrected chi connectivity index (χ0v) is 10.8. The van der Waals surface area contributed by atoms with Crippen LogP contribution in [-0.4, -0.2) is 29.7 Å². The standard InChI is InChI=1S/C14H23NO/c1-5-14(16)10-15(4)12(3)13-8-6-11(2)7-9-13/h6-9,12,14,16H,5,10H2,1-4H3. The van der Waals surface area contributed by atoms with Gasteiger partial charge in [-0.25, -0.2) is 0 Å². The fraction of sp³-hybridized carbons (Fsp3) is 0.571. The smallest absolute Gasteiger partial charge is 0.0664 e. The molecule has 2 atom stereocenters. The largest absolute Gasteiger partial charge is 0.392 e. The molecule has 1 aromatic rings. The second-order valence-electron chi connectivity index (χ2n) is 4.59. The molecule has 0 heterocycles. The maximum atomic E-state index is 9.63. The van der Waals surface area contributed by atoms with E-state index in [2.05, 4.69) is 50.1 Å². The lowest BCUT2D eigenvalue weighted by Crippen LogP contribution is -2.31. The third kappa shape index (κ3) is 3.62. The van der Waals surface area contributed by atoms with Gasteiger partial charge in [0.15, 0.2) is 0 Å². The number of likely N-dealkylation sites (N-methyl/N-ethyl adjacent to an activating group) is 1. The zero-order valence-electron chi connectivity index (χ0n) is 10.8. The van der Waals surface area contributed by atoms with E-state index >= 15 is 0 Å². The highest BCUT2D eigenvalue weighted by molar-refractivity contribution is 5.23. The Morgan fingerprint density at radius 2 is 1.81 bits per heavy atom. The molecule has 90 valence electrons. The van der Waals surface area contributed by atoms with Gasteiger partial charge in [0.1, 0.15) is 0 Å². The molecule has 0 saturated carbocycles. The summed E-state index contributed by atoms with van der Waals surface area (Å²) in [4.78, 5) is 2.19. The monoisotopic (exact) mass is 221 g/mol. The number of benzene rings is 1. The van der Waals surface area contributed by atoms with Gasteiger partial charge in [0.25, 0.3) is 0 Å². The lowest BCUT2D eigenvalue weighted by molar-refractivity contribution is 0.105. The summed E-state index contributed by atoms with van der Waals surface area (Å²) >= 11 is 0. The molecule has 1 rings (SSSR count). The van der Waals surface area contributed by atoms with Gasteiger partial charge >= 0.3 is 0 Å². The van der Waals surface area contributed by atoms with Gasteiger partial charge in [-0.15, -0.1) is 0 Å². The Bertz CT molecular complexity index is 307. The maximum absolute atomic E-state index is 9.63. The van der Waals surface area contributed by atoms with Crippen molar-refractivity contribution in [3.63, 3.8) is 0 Å². The van der Waals surface area contributed by atoms with Crippen LogP contribution in [0.2, 0.25) is 0 Å². The summed E-state index contributed by atoms with van der Waals surface area (Å²) in [5.74, 6) is 0. The van der Waals surface area contributed by atoms with E-state index in [1.165, 1.54) is 11.1 Å². The van der Waals surface area contributed by atoms with E-state index in [9.17, 15) is 5.11 Å². The zero-order chi connectivity index (χ0) is 12.1. The minimum Gasteiger partial charge on any atom is -0.392 e. The first kappa shape index (κ1) is 13.2. The first-order valence-electron chi connectivity index (χ1n) is 5.99. The number of rotatable bonds is 5. The van der Waals surface area contributed by atoms with Crippen molar-refractivity contribution in [2.45, 2.75) is 39.3 Å². The van der Waals surface area contributed by atoms with Gasteiger partial charge in [0.05, 0.1) is 6.10 Å². The SMILES string of the molecule is CCC(O)CN(C)C(C)c1ccc(C)cc1. The van der Waals surface area contributed by atoms with E-state index < -0.39 is 0 Å². The highest BCUT2D eigenvalue weighted by atomic mass is 16.3. The summed E-state index contributed by atoms with van der Waals surface area (Å²) in [5.41, 5.74) is 2.59. The Morgan fingerprint density at radius 1 is 1.25 bits per heavy atom. The fourth-order valence-electron chi connectivity index (χ4n) is 1.72. The number of aliphatic hydroxyl groups is 1. The second kappa shape index (κ2) is 6.02. The van der Waals surface area contributed by atoms with Gasteiger partial charge in [-0.3, -0.25) is 4.90 Å². The Kier molecular flexibility index (Phi) is 4.97. The van der Waals surface area contributed by atoms with Crippen LogP contribution in [-0.2, 0) is 0 Å². The summed E-state index contributed by atoms with van der Waals surface area (Å²) < 4.78 is 0. The minimum atomic E-state index is -0.224. The Hall–Kier alpha value is -0.860. The predicted octanol–water partition coefficient (Wildman–Crippen LogP) is 2.76. The summed E-state index contributed by atoms with van der Waals surface area (Å²) in [7, 11) is 2.06. The lowest BCUT2D eigenvalue weighted by atomic mass is 10.1. The van der Waals surface area contributed by atoms with Crippen LogP contribution in [0.4, 0.5) is 0 Å². The van der Waals surface area contributed by atoms with Crippen LogP contribution in [0.5, 0.6) is 0 Å². The second-order valence-corrected chi connectivity index (χ2v) is 4.59. The van der Waals surface area contributed by atoms with Crippen molar-refractivity contribution in [3.05, 3.63) is 35.4 Å². The molecule has 2 heteroatoms. The third-order valence-corrected chi connectivity index (χ3v) is 3.19. The van der Waals surface area contributed by atoms with Crippen LogP contribution >= 0.6 is 0 Å². The molecule has 0 spiro atoms. The van der Waals surface area contributed by atoms with Crippen molar-refractivity contribution in [2.24, 2.45) is 0 Å². The molecular formula is C14H23NO. The molecule has 0 aliphatic carbocycles. The average Bonchev–Trinajstić information content (AvgIpc) is 2.28. The number of hydrogen-bond donors (Lipinski definition) is 1. The van der Waals surface area contributed by atoms with Crippen molar-refractivity contribution >= 4 is 0 Å². The minimum absolute atomic E-state index is 0.224. The van der Waals surface area contributed by atoms with E-state index in [0.717, 1.165) is 13.0 Å². The molecule has 0 fully saturated rings. The van der Waals surface area contributed by atoms with E-state index in [-0.39, 0.29) is 6.10 Å². The van der Waals surface area contributed by atoms with E-state index in [4.69, 9.17) is 0 Å². The Balaban J connectivity index is 2.62. The van der Waals surface area contributed by atoms with Crippen LogP contribution in [0, 0.1) is 6.92 Å². The van der Waals surface area contributed by atoms with Crippen molar-refractivity contribution < 1.29 is 5.11 Å². The third-order valence-electron chi connectivity index (χ3n) is 3.19. The summed E-state index contributed by atoms with van der Waals surface area (Å²) in [5, 5.41) is 9.63. The van der Waals surface area contributed by atoms with Gasteiger partial charge in [0, 0.05) is 12.6 Å². The Labute approximate surface area is 98.9 Å². The molecular weight excluding hydrogens is 198 g/mol. The molecule has 2 nitrogen and oxygen atoms in total. The van der Waals surface area contributed by atoms with Gasteiger partial charge in [0.2, 0.25) is 0 Å². The normalized spacial score (nSPS) is 15.1. The summed E-state index contributed by atoms with van der Waals surface area (Å²) in [6.45, 7) is 7.01. The van der Waals surface area contributed by atoms with E-state index in [1.807, 2.05) is 6.92 Å². The molecule has 2 unspecified atom stereocenters. The molecule has 0 radical (unpaired) electrons. The van der Waals surface area contributed by atoms with Gasteiger partial charge in [-0.1, -0.05) is 36.8 Å². The van der Waals surface area contributed by atoms with Crippen molar-refractivity contribution in [3.8, 4) is 0 Å². The summed E-state index contributed by atoms with van der Waals surface area (Å²) in [6.07, 6.45) is 0.586. The van der Waals surface area contributed by atoms with Gasteiger partial charge < -0.3 is 5.11 Å². The number of aliphatic hydroxyl groups excluding tert-OH is 1. The van der Waals surface area contributed by atoms with Crippen LogP contribution in [0.1, 0.15) is 37.4 Å². The lowest BCUT2D eigenvalue weighted by Gasteiger charge is -2.27. The molecule has 1 aromatic carbocycles. The highest BCUT2D eigenvalue weighted by Crippen LogP contribution is 2.19. The molecule has 0 aromatic heterocycles. The number of aryl methyl sites for hydroxylation is 1. The number of hydrogen-bond acceptors (Lipinski definition) is 2. The quantitative estimate of drug-likeness (QED) is 0.826. The van der Waals surface area contributed by atoms with Crippen LogP contribution in [0.25, 0.3) is 0 Å². The molecule has 1 N–H and O–H groups in total. The van der Waals surface area contributed by atoms with Gasteiger partial charge in [-0.05, 0) is 32.9 Å². The van der Waals surface area contributed by atoms with Crippen LogP contribution < -0.4 is 0 Å². The van der Waals surface area contributed by atoms with E-state index in [0.29, 0.717) is 6.04 Å². The molecule has 16 heavy (non-hydrogen) atoms. The first-order valence-corrected chi connectivity index (χ1v) is 5.99. The number of nitrogens with zero attached hydrogens (tertiary/aromatic N) is 1.